The number of nitrogens with zero attached hydrogens (tertiary/aromatic N) is 1. The molecule has 0 atom stereocenters. The fourth-order valence-electron chi connectivity index (χ4n) is 1.25. The molecule has 14 heavy (non-hydrogen) atoms. The second kappa shape index (κ2) is 3.59. The fourth-order valence-corrected chi connectivity index (χ4v) is 1.25. The normalized spacial score (nSPS) is 10.4. The van der Waals surface area contributed by atoms with Crippen molar-refractivity contribution < 1.29 is 8.81 Å². The van der Waals surface area contributed by atoms with Crippen LogP contribution in [0.15, 0.2) is 35.1 Å². The average Bonchev–Trinajstić information content (AvgIpc) is 2.67. The Kier molecular flexibility index (Phi) is 2.28. The number of halogens is 1. The molecule has 0 spiro atoms. The Bertz CT molecular complexity index is 422. The van der Waals surface area contributed by atoms with Crippen LogP contribution in [0.4, 0.5) is 4.39 Å². The van der Waals surface area contributed by atoms with Gasteiger partial charge in [-0.2, -0.15) is 0 Å². The summed E-state index contributed by atoms with van der Waals surface area (Å²) in [5.74, 6) is 0.329. The van der Waals surface area contributed by atoms with E-state index >= 15 is 0 Å². The van der Waals surface area contributed by atoms with Gasteiger partial charge >= 0.3 is 0 Å². The molecule has 4 heteroatoms. The number of oxazole rings is 1. The van der Waals surface area contributed by atoms with Crippen LogP contribution in [0.3, 0.4) is 0 Å². The van der Waals surface area contributed by atoms with E-state index < -0.39 is 0 Å². The minimum absolute atomic E-state index is 0.275. The molecular formula is C10H9FN2O. The summed E-state index contributed by atoms with van der Waals surface area (Å²) >= 11 is 0. The van der Waals surface area contributed by atoms with E-state index in [4.69, 9.17) is 10.2 Å². The summed E-state index contributed by atoms with van der Waals surface area (Å²) in [6, 6.07) is 6.01. The lowest BCUT2D eigenvalue weighted by molar-refractivity contribution is 0.570. The quantitative estimate of drug-likeness (QED) is 0.791. The minimum Gasteiger partial charge on any atom is -0.443 e. The van der Waals surface area contributed by atoms with Crippen molar-refractivity contribution in [2.75, 3.05) is 0 Å². The number of hydrogen-bond acceptors (Lipinski definition) is 3. The average molecular weight is 192 g/mol. The highest BCUT2D eigenvalue weighted by atomic mass is 19.1. The van der Waals surface area contributed by atoms with Crippen LogP contribution in [0.25, 0.3) is 11.3 Å². The number of rotatable bonds is 2. The lowest BCUT2D eigenvalue weighted by atomic mass is 10.1. The zero-order valence-electron chi connectivity index (χ0n) is 7.40. The first kappa shape index (κ1) is 8.90. The number of aromatic nitrogens is 1. The maximum Gasteiger partial charge on any atom is 0.181 e. The Morgan fingerprint density at radius 3 is 2.64 bits per heavy atom. The fraction of sp³-hybridized carbons (Fsp3) is 0.100. The van der Waals surface area contributed by atoms with Crippen molar-refractivity contribution in [2.24, 2.45) is 5.73 Å². The molecule has 1 aromatic carbocycles. The minimum atomic E-state index is -0.275. The lowest BCUT2D eigenvalue weighted by Crippen LogP contribution is -1.97. The van der Waals surface area contributed by atoms with Crippen molar-refractivity contribution in [3.05, 3.63) is 42.2 Å². The van der Waals surface area contributed by atoms with Crippen LogP contribution in [-0.4, -0.2) is 4.98 Å². The molecule has 0 bridgehead atoms. The molecule has 0 saturated heterocycles. The highest BCUT2D eigenvalue weighted by Crippen LogP contribution is 2.22. The zero-order valence-corrected chi connectivity index (χ0v) is 7.40. The van der Waals surface area contributed by atoms with Crippen LogP contribution in [0.1, 0.15) is 5.69 Å². The summed E-state index contributed by atoms with van der Waals surface area (Å²) in [6.07, 6.45) is 1.33. The van der Waals surface area contributed by atoms with E-state index in [2.05, 4.69) is 4.98 Å². The highest BCUT2D eigenvalue weighted by molar-refractivity contribution is 5.59. The molecule has 1 aromatic heterocycles. The van der Waals surface area contributed by atoms with Gasteiger partial charge in [-0.05, 0) is 24.3 Å². The zero-order chi connectivity index (χ0) is 9.97. The number of nitrogens with two attached hydrogens (primary N) is 1. The summed E-state index contributed by atoms with van der Waals surface area (Å²) in [5, 5.41) is 0. The standard InChI is InChI=1S/C10H9FN2O/c11-8-3-1-7(2-4-8)10-9(5-12)13-6-14-10/h1-4,6H,5,12H2. The Morgan fingerprint density at radius 1 is 1.29 bits per heavy atom. The van der Waals surface area contributed by atoms with E-state index in [1.807, 2.05) is 0 Å². The third kappa shape index (κ3) is 1.52. The van der Waals surface area contributed by atoms with Crippen LogP contribution >= 0.6 is 0 Å². The van der Waals surface area contributed by atoms with E-state index in [1.54, 1.807) is 12.1 Å². The maximum atomic E-state index is 12.6. The smallest absolute Gasteiger partial charge is 0.181 e. The van der Waals surface area contributed by atoms with Crippen molar-refractivity contribution in [3.8, 4) is 11.3 Å². The Balaban J connectivity index is 2.44. The third-order valence-electron chi connectivity index (χ3n) is 1.94. The van der Waals surface area contributed by atoms with Gasteiger partial charge in [0.25, 0.3) is 0 Å². The van der Waals surface area contributed by atoms with E-state index in [0.717, 1.165) is 5.56 Å². The van der Waals surface area contributed by atoms with Gasteiger partial charge in [0.05, 0.1) is 0 Å². The molecule has 2 rings (SSSR count). The molecule has 0 saturated carbocycles. The predicted octanol–water partition coefficient (Wildman–Crippen LogP) is 1.94. The third-order valence-corrected chi connectivity index (χ3v) is 1.94. The molecule has 2 aromatic rings. The van der Waals surface area contributed by atoms with Crippen molar-refractivity contribution in [2.45, 2.75) is 6.54 Å². The molecule has 0 unspecified atom stereocenters. The predicted molar refractivity (Wildman–Crippen MR) is 49.8 cm³/mol. The Morgan fingerprint density at radius 2 is 2.00 bits per heavy atom. The van der Waals surface area contributed by atoms with Gasteiger partial charge < -0.3 is 10.2 Å². The Labute approximate surface area is 80.4 Å². The molecular weight excluding hydrogens is 183 g/mol. The lowest BCUT2D eigenvalue weighted by Gasteiger charge is -1.98. The van der Waals surface area contributed by atoms with Gasteiger partial charge in [-0.1, -0.05) is 0 Å². The summed E-state index contributed by atoms with van der Waals surface area (Å²) in [4.78, 5) is 3.95. The van der Waals surface area contributed by atoms with E-state index in [-0.39, 0.29) is 5.82 Å². The van der Waals surface area contributed by atoms with Crippen LogP contribution < -0.4 is 5.73 Å². The van der Waals surface area contributed by atoms with Crippen LogP contribution in [-0.2, 0) is 6.54 Å². The van der Waals surface area contributed by atoms with Gasteiger partial charge in [-0.15, -0.1) is 0 Å². The molecule has 72 valence electrons. The van der Waals surface area contributed by atoms with Gasteiger partial charge in [0.1, 0.15) is 11.5 Å². The molecule has 1 heterocycles. The number of hydrogen-bond donors (Lipinski definition) is 1. The van der Waals surface area contributed by atoms with Crippen LogP contribution in [0.2, 0.25) is 0 Å². The molecule has 2 N–H and O–H groups in total. The maximum absolute atomic E-state index is 12.6. The van der Waals surface area contributed by atoms with Crippen LogP contribution in [0.5, 0.6) is 0 Å². The summed E-state index contributed by atoms with van der Waals surface area (Å²) in [7, 11) is 0. The summed E-state index contributed by atoms with van der Waals surface area (Å²) < 4.78 is 17.8. The van der Waals surface area contributed by atoms with Gasteiger partial charge in [-0.3, -0.25) is 0 Å². The topological polar surface area (TPSA) is 52.0 Å². The molecule has 0 amide bonds. The highest BCUT2D eigenvalue weighted by Gasteiger charge is 2.08. The first-order chi connectivity index (χ1) is 6.81. The van der Waals surface area contributed by atoms with Crippen molar-refractivity contribution >= 4 is 0 Å². The molecule has 0 radical (unpaired) electrons. The molecule has 0 aliphatic rings. The monoisotopic (exact) mass is 192 g/mol. The second-order valence-electron chi connectivity index (χ2n) is 2.84. The van der Waals surface area contributed by atoms with Crippen molar-refractivity contribution in [1.82, 2.24) is 4.98 Å². The van der Waals surface area contributed by atoms with Crippen molar-refractivity contribution in [3.63, 3.8) is 0 Å². The largest absolute Gasteiger partial charge is 0.443 e. The van der Waals surface area contributed by atoms with Gasteiger partial charge in [0.2, 0.25) is 0 Å². The van der Waals surface area contributed by atoms with Crippen LogP contribution in [0, 0.1) is 5.82 Å². The van der Waals surface area contributed by atoms with Gasteiger partial charge in [0.15, 0.2) is 12.2 Å². The molecule has 0 aliphatic heterocycles. The number of benzene rings is 1. The first-order valence-electron chi connectivity index (χ1n) is 4.19. The van der Waals surface area contributed by atoms with Gasteiger partial charge in [0, 0.05) is 12.1 Å². The Hall–Kier alpha value is -1.68. The molecule has 0 aliphatic carbocycles. The van der Waals surface area contributed by atoms with Crippen molar-refractivity contribution in [1.29, 1.82) is 0 Å². The SMILES string of the molecule is NCc1ncoc1-c1ccc(F)cc1. The molecule has 3 nitrogen and oxygen atoms in total. The van der Waals surface area contributed by atoms with Gasteiger partial charge in [-0.25, -0.2) is 9.37 Å². The van der Waals surface area contributed by atoms with E-state index in [0.29, 0.717) is 18.0 Å². The summed E-state index contributed by atoms with van der Waals surface area (Å²) in [6.45, 7) is 0.309. The molecule has 0 fully saturated rings. The van der Waals surface area contributed by atoms with E-state index in [1.165, 1.54) is 18.5 Å². The first-order valence-corrected chi connectivity index (χ1v) is 4.19. The second-order valence-corrected chi connectivity index (χ2v) is 2.84. The summed E-state index contributed by atoms with van der Waals surface area (Å²) in [5.41, 5.74) is 6.92. The van der Waals surface area contributed by atoms with E-state index in [9.17, 15) is 4.39 Å².